The van der Waals surface area contributed by atoms with Crippen molar-refractivity contribution in [3.8, 4) is 5.75 Å². The van der Waals surface area contributed by atoms with E-state index in [0.717, 1.165) is 0 Å². The van der Waals surface area contributed by atoms with E-state index in [9.17, 15) is 9.59 Å². The number of aryl methyl sites for hydroxylation is 1. The fourth-order valence-corrected chi connectivity index (χ4v) is 2.21. The van der Waals surface area contributed by atoms with Crippen LogP contribution in [0.3, 0.4) is 0 Å². The Kier molecular flexibility index (Phi) is 5.58. The summed E-state index contributed by atoms with van der Waals surface area (Å²) < 4.78 is 5.38. The van der Waals surface area contributed by atoms with Gasteiger partial charge in [0.15, 0.2) is 0 Å². The molecule has 2 rings (SSSR count). The van der Waals surface area contributed by atoms with E-state index in [1.165, 1.54) is 0 Å². The van der Waals surface area contributed by atoms with Crippen LogP contribution < -0.4 is 21.3 Å². The van der Waals surface area contributed by atoms with Gasteiger partial charge in [-0.25, -0.2) is 4.98 Å². The number of benzene rings is 1. The number of nitrogens with one attached hydrogen (secondary N) is 2. The third-order valence-electron chi connectivity index (χ3n) is 3.54. The largest absolute Gasteiger partial charge is 0.492 e. The van der Waals surface area contributed by atoms with Crippen molar-refractivity contribution in [1.29, 1.82) is 0 Å². The summed E-state index contributed by atoms with van der Waals surface area (Å²) in [6.45, 7) is 8.34. The third-order valence-corrected chi connectivity index (χ3v) is 3.54. The van der Waals surface area contributed by atoms with E-state index in [2.05, 4.69) is 15.3 Å². The molecule has 0 fully saturated rings. The van der Waals surface area contributed by atoms with Gasteiger partial charge < -0.3 is 20.8 Å². The zero-order chi connectivity index (χ0) is 18.6. The highest BCUT2D eigenvalue weighted by atomic mass is 16.5. The van der Waals surface area contributed by atoms with Crippen LogP contribution in [-0.4, -0.2) is 29.0 Å². The highest BCUT2D eigenvalue weighted by molar-refractivity contribution is 6.04. The minimum absolute atomic E-state index is 0.0106. The molecular formula is C18H24N4O3. The number of carbonyl (C=O) groups is 1. The number of ether oxygens (including phenoxy) is 1. The molecule has 0 aliphatic rings. The van der Waals surface area contributed by atoms with Gasteiger partial charge in [0.25, 0.3) is 11.5 Å². The topological polar surface area (TPSA) is 110 Å². The third kappa shape index (κ3) is 4.67. The summed E-state index contributed by atoms with van der Waals surface area (Å²) in [5.41, 5.74) is 5.60. The zero-order valence-corrected chi connectivity index (χ0v) is 15.0. The van der Waals surface area contributed by atoms with Gasteiger partial charge in [0.05, 0.1) is 5.69 Å². The molecule has 1 heterocycles. The molecule has 0 aliphatic heterocycles. The van der Waals surface area contributed by atoms with Crippen molar-refractivity contribution in [2.75, 3.05) is 18.5 Å². The number of nitrogens with two attached hydrogens (primary N) is 1. The lowest BCUT2D eigenvalue weighted by molar-refractivity contribution is 0.102. The van der Waals surface area contributed by atoms with Gasteiger partial charge in [-0.1, -0.05) is 20.8 Å². The molecule has 2 aromatic rings. The predicted octanol–water partition coefficient (Wildman–Crippen LogP) is 1.97. The molecule has 134 valence electrons. The number of hydrogen-bond acceptors (Lipinski definition) is 5. The Morgan fingerprint density at radius 2 is 1.92 bits per heavy atom. The number of aromatic nitrogens is 2. The van der Waals surface area contributed by atoms with E-state index in [-0.39, 0.29) is 11.0 Å². The lowest BCUT2D eigenvalue weighted by Gasteiger charge is -2.18. The van der Waals surface area contributed by atoms with Gasteiger partial charge in [-0.3, -0.25) is 9.59 Å². The van der Waals surface area contributed by atoms with Crippen LogP contribution in [-0.2, 0) is 5.41 Å². The minimum atomic E-state index is -0.498. The molecule has 0 aliphatic carbocycles. The molecule has 0 saturated carbocycles. The van der Waals surface area contributed by atoms with Gasteiger partial charge in [0.1, 0.15) is 23.7 Å². The Morgan fingerprint density at radius 1 is 1.28 bits per heavy atom. The SMILES string of the molecule is Cc1nc(C(C)(C)C)[nH]c(=O)c1C(=O)Nc1ccc(OCCN)cc1. The number of rotatable bonds is 5. The lowest BCUT2D eigenvalue weighted by Crippen LogP contribution is -2.30. The quantitative estimate of drug-likeness (QED) is 0.768. The number of H-pyrrole nitrogens is 1. The summed E-state index contributed by atoms with van der Waals surface area (Å²) >= 11 is 0. The zero-order valence-electron chi connectivity index (χ0n) is 15.0. The molecule has 0 radical (unpaired) electrons. The summed E-state index contributed by atoms with van der Waals surface area (Å²) in [4.78, 5) is 31.8. The van der Waals surface area contributed by atoms with Crippen molar-refractivity contribution in [2.24, 2.45) is 5.73 Å². The number of nitrogens with zero attached hydrogens (tertiary/aromatic N) is 1. The second kappa shape index (κ2) is 7.48. The minimum Gasteiger partial charge on any atom is -0.492 e. The summed E-state index contributed by atoms with van der Waals surface area (Å²) in [5.74, 6) is 0.712. The van der Waals surface area contributed by atoms with E-state index in [4.69, 9.17) is 10.5 Å². The van der Waals surface area contributed by atoms with Crippen LogP contribution in [0.1, 0.15) is 42.6 Å². The average Bonchev–Trinajstić information content (AvgIpc) is 2.52. The molecular weight excluding hydrogens is 320 g/mol. The number of aromatic amines is 1. The van der Waals surface area contributed by atoms with Gasteiger partial charge in [0.2, 0.25) is 0 Å². The number of amides is 1. The monoisotopic (exact) mass is 344 g/mol. The molecule has 0 bridgehead atoms. The standard InChI is InChI=1S/C18H24N4O3/c1-11-14(16(24)22-17(20-11)18(2,3)4)15(23)21-12-5-7-13(8-6-12)25-10-9-19/h5-8H,9-10,19H2,1-4H3,(H,21,23)(H,20,22,24). The molecule has 0 atom stereocenters. The molecule has 0 unspecified atom stereocenters. The number of hydrogen-bond donors (Lipinski definition) is 3. The van der Waals surface area contributed by atoms with Crippen molar-refractivity contribution in [3.63, 3.8) is 0 Å². The Morgan fingerprint density at radius 3 is 2.44 bits per heavy atom. The average molecular weight is 344 g/mol. The summed E-state index contributed by atoms with van der Waals surface area (Å²) in [6, 6.07) is 6.85. The molecule has 7 nitrogen and oxygen atoms in total. The van der Waals surface area contributed by atoms with Gasteiger partial charge in [-0.05, 0) is 31.2 Å². The van der Waals surface area contributed by atoms with Crippen molar-refractivity contribution in [3.05, 3.63) is 51.7 Å². The van der Waals surface area contributed by atoms with E-state index in [1.807, 2.05) is 20.8 Å². The maximum Gasteiger partial charge on any atom is 0.264 e. The first-order chi connectivity index (χ1) is 11.7. The first-order valence-corrected chi connectivity index (χ1v) is 8.08. The Bertz CT molecular complexity index is 805. The maximum atomic E-state index is 12.5. The van der Waals surface area contributed by atoms with Crippen molar-refractivity contribution < 1.29 is 9.53 Å². The van der Waals surface area contributed by atoms with Crippen molar-refractivity contribution >= 4 is 11.6 Å². The highest BCUT2D eigenvalue weighted by Crippen LogP contribution is 2.19. The van der Waals surface area contributed by atoms with E-state index in [0.29, 0.717) is 36.1 Å². The van der Waals surface area contributed by atoms with Gasteiger partial charge >= 0.3 is 0 Å². The second-order valence-corrected chi connectivity index (χ2v) is 6.74. The highest BCUT2D eigenvalue weighted by Gasteiger charge is 2.22. The van der Waals surface area contributed by atoms with Gasteiger partial charge in [-0.15, -0.1) is 0 Å². The number of carbonyl (C=O) groups excluding carboxylic acids is 1. The van der Waals surface area contributed by atoms with Crippen LogP contribution in [0.4, 0.5) is 5.69 Å². The predicted molar refractivity (Wildman–Crippen MR) is 97.2 cm³/mol. The molecule has 1 aromatic heterocycles. The lowest BCUT2D eigenvalue weighted by atomic mass is 9.95. The van der Waals surface area contributed by atoms with E-state index in [1.54, 1.807) is 31.2 Å². The molecule has 25 heavy (non-hydrogen) atoms. The fraction of sp³-hybridized carbons (Fsp3) is 0.389. The summed E-state index contributed by atoms with van der Waals surface area (Å²) in [7, 11) is 0. The van der Waals surface area contributed by atoms with Crippen LogP contribution in [0.25, 0.3) is 0 Å². The van der Waals surface area contributed by atoms with Crippen LogP contribution in [0.2, 0.25) is 0 Å². The fourth-order valence-electron chi connectivity index (χ4n) is 2.21. The first kappa shape index (κ1) is 18.7. The number of anilines is 1. The van der Waals surface area contributed by atoms with Crippen LogP contribution in [0.15, 0.2) is 29.1 Å². The Balaban J connectivity index is 2.20. The van der Waals surface area contributed by atoms with Gasteiger partial charge in [0, 0.05) is 17.6 Å². The summed E-state index contributed by atoms with van der Waals surface area (Å²) in [6.07, 6.45) is 0. The van der Waals surface area contributed by atoms with E-state index < -0.39 is 11.5 Å². The second-order valence-electron chi connectivity index (χ2n) is 6.74. The first-order valence-electron chi connectivity index (χ1n) is 8.08. The molecule has 4 N–H and O–H groups in total. The molecule has 0 spiro atoms. The molecule has 1 amide bonds. The van der Waals surface area contributed by atoms with Crippen molar-refractivity contribution in [2.45, 2.75) is 33.1 Å². The maximum absolute atomic E-state index is 12.5. The molecule has 1 aromatic carbocycles. The smallest absolute Gasteiger partial charge is 0.264 e. The van der Waals surface area contributed by atoms with Crippen LogP contribution >= 0.6 is 0 Å². The van der Waals surface area contributed by atoms with E-state index >= 15 is 0 Å². The van der Waals surface area contributed by atoms with Gasteiger partial charge in [-0.2, -0.15) is 0 Å². The normalized spacial score (nSPS) is 11.2. The van der Waals surface area contributed by atoms with Crippen LogP contribution in [0.5, 0.6) is 5.75 Å². The summed E-state index contributed by atoms with van der Waals surface area (Å²) in [5, 5.41) is 2.70. The molecule has 7 heteroatoms. The molecule has 0 saturated heterocycles. The van der Waals surface area contributed by atoms with Crippen molar-refractivity contribution in [1.82, 2.24) is 9.97 Å². The van der Waals surface area contributed by atoms with Crippen LogP contribution in [0, 0.1) is 6.92 Å². The Hall–Kier alpha value is -2.67. The Labute approximate surface area is 146 Å².